The Labute approximate surface area is 145 Å². The van der Waals surface area contributed by atoms with E-state index in [1.54, 1.807) is 7.11 Å². The van der Waals surface area contributed by atoms with E-state index in [0.29, 0.717) is 6.04 Å². The van der Waals surface area contributed by atoms with Crippen molar-refractivity contribution < 1.29 is 4.74 Å². The minimum absolute atomic E-state index is 0. The van der Waals surface area contributed by atoms with E-state index in [0.717, 1.165) is 25.4 Å². The number of ether oxygens (including phenoxy) is 1. The lowest BCUT2D eigenvalue weighted by Crippen LogP contribution is -2.37. The number of fused-ring (bicyclic) bond motifs is 1. The summed E-state index contributed by atoms with van der Waals surface area (Å²) in [6.45, 7) is 6.58. The SMILES string of the molecule is CCN1CCCC1CNCc1c(OC)ccc2ccccc12.Cl. The Hall–Kier alpha value is -1.29. The molecule has 1 N–H and O–H groups in total. The molecular formula is C19H27ClN2O. The molecule has 1 unspecified atom stereocenters. The molecular weight excluding hydrogens is 308 g/mol. The van der Waals surface area contributed by atoms with E-state index in [1.807, 2.05) is 0 Å². The third-order valence-electron chi connectivity index (χ3n) is 4.80. The topological polar surface area (TPSA) is 24.5 Å². The summed E-state index contributed by atoms with van der Waals surface area (Å²) >= 11 is 0. The first-order chi connectivity index (χ1) is 10.8. The molecule has 0 bridgehead atoms. The molecule has 2 aromatic carbocycles. The molecule has 3 rings (SSSR count). The van der Waals surface area contributed by atoms with E-state index in [-0.39, 0.29) is 12.4 Å². The molecule has 23 heavy (non-hydrogen) atoms. The third kappa shape index (κ3) is 3.97. The smallest absolute Gasteiger partial charge is 0.123 e. The maximum Gasteiger partial charge on any atom is 0.123 e. The van der Waals surface area contributed by atoms with Crippen molar-refractivity contribution in [2.24, 2.45) is 0 Å². The molecule has 0 amide bonds. The van der Waals surface area contributed by atoms with Crippen molar-refractivity contribution in [3.63, 3.8) is 0 Å². The number of methoxy groups -OCH3 is 1. The van der Waals surface area contributed by atoms with Gasteiger partial charge in [0.05, 0.1) is 7.11 Å². The standard InChI is InChI=1S/C19H26N2O.ClH/c1-3-21-12-6-8-16(21)13-20-14-18-17-9-5-4-7-15(17)10-11-19(18)22-2;/h4-5,7,9-11,16,20H,3,6,8,12-14H2,1-2H3;1H. The van der Waals surface area contributed by atoms with Gasteiger partial charge < -0.3 is 10.1 Å². The number of likely N-dealkylation sites (N-methyl/N-ethyl adjacent to an activating group) is 1. The number of benzene rings is 2. The first kappa shape index (κ1) is 18.1. The molecule has 0 saturated carbocycles. The molecule has 4 heteroatoms. The molecule has 126 valence electrons. The highest BCUT2D eigenvalue weighted by Crippen LogP contribution is 2.28. The fourth-order valence-electron chi connectivity index (χ4n) is 3.60. The molecule has 0 radical (unpaired) electrons. The Morgan fingerprint density at radius 2 is 2.04 bits per heavy atom. The first-order valence-corrected chi connectivity index (χ1v) is 8.33. The lowest BCUT2D eigenvalue weighted by Gasteiger charge is -2.23. The number of hydrogen-bond donors (Lipinski definition) is 1. The van der Waals surface area contributed by atoms with Crippen molar-refractivity contribution in [1.82, 2.24) is 10.2 Å². The van der Waals surface area contributed by atoms with E-state index in [4.69, 9.17) is 4.74 Å². The zero-order chi connectivity index (χ0) is 15.4. The fraction of sp³-hybridized carbons (Fsp3) is 0.474. The van der Waals surface area contributed by atoms with Gasteiger partial charge in [-0.05, 0) is 42.8 Å². The van der Waals surface area contributed by atoms with E-state index >= 15 is 0 Å². The van der Waals surface area contributed by atoms with Gasteiger partial charge in [0.15, 0.2) is 0 Å². The second-order valence-electron chi connectivity index (χ2n) is 6.02. The van der Waals surface area contributed by atoms with Crippen LogP contribution >= 0.6 is 12.4 Å². The second kappa shape index (κ2) is 8.53. The van der Waals surface area contributed by atoms with Gasteiger partial charge in [0.1, 0.15) is 5.75 Å². The third-order valence-corrected chi connectivity index (χ3v) is 4.80. The van der Waals surface area contributed by atoms with Gasteiger partial charge in [-0.1, -0.05) is 37.3 Å². The van der Waals surface area contributed by atoms with Gasteiger partial charge in [-0.15, -0.1) is 12.4 Å². The van der Waals surface area contributed by atoms with Crippen LogP contribution in [0.3, 0.4) is 0 Å². The first-order valence-electron chi connectivity index (χ1n) is 8.33. The summed E-state index contributed by atoms with van der Waals surface area (Å²) in [6, 6.07) is 13.4. The number of nitrogens with zero attached hydrogens (tertiary/aromatic N) is 1. The van der Waals surface area contributed by atoms with Gasteiger partial charge in [0.25, 0.3) is 0 Å². The number of likely N-dealkylation sites (tertiary alicyclic amines) is 1. The Morgan fingerprint density at radius 1 is 1.22 bits per heavy atom. The molecule has 1 fully saturated rings. The normalized spacial score (nSPS) is 18.1. The van der Waals surface area contributed by atoms with Gasteiger partial charge in [0, 0.05) is 24.7 Å². The average Bonchev–Trinajstić information content (AvgIpc) is 3.02. The Bertz CT molecular complexity index is 632. The maximum atomic E-state index is 5.57. The summed E-state index contributed by atoms with van der Waals surface area (Å²) in [6.07, 6.45) is 2.64. The van der Waals surface area contributed by atoms with Crippen molar-refractivity contribution in [2.45, 2.75) is 32.4 Å². The molecule has 0 spiro atoms. The van der Waals surface area contributed by atoms with Crippen LogP contribution in [0.4, 0.5) is 0 Å². The van der Waals surface area contributed by atoms with Gasteiger partial charge >= 0.3 is 0 Å². The Balaban J connectivity index is 0.00000192. The molecule has 1 atom stereocenters. The van der Waals surface area contributed by atoms with Gasteiger partial charge in [-0.25, -0.2) is 0 Å². The molecule has 2 aromatic rings. The molecule has 1 aliphatic rings. The summed E-state index contributed by atoms with van der Waals surface area (Å²) in [4.78, 5) is 2.58. The molecule has 1 aliphatic heterocycles. The highest BCUT2D eigenvalue weighted by atomic mass is 35.5. The molecule has 0 aliphatic carbocycles. The molecule has 0 aromatic heterocycles. The minimum atomic E-state index is 0. The zero-order valence-electron chi connectivity index (χ0n) is 14.0. The van der Waals surface area contributed by atoms with Crippen molar-refractivity contribution in [3.8, 4) is 5.75 Å². The van der Waals surface area contributed by atoms with Crippen molar-refractivity contribution in [3.05, 3.63) is 42.0 Å². The van der Waals surface area contributed by atoms with Crippen LogP contribution in [-0.4, -0.2) is 37.7 Å². The van der Waals surface area contributed by atoms with E-state index in [1.165, 1.54) is 35.7 Å². The average molecular weight is 335 g/mol. The van der Waals surface area contributed by atoms with Crippen LogP contribution < -0.4 is 10.1 Å². The number of halogens is 1. The quantitative estimate of drug-likeness (QED) is 0.868. The van der Waals surface area contributed by atoms with E-state index in [2.05, 4.69) is 53.5 Å². The van der Waals surface area contributed by atoms with Gasteiger partial charge in [-0.3, -0.25) is 4.90 Å². The fourth-order valence-corrected chi connectivity index (χ4v) is 3.60. The van der Waals surface area contributed by atoms with E-state index in [9.17, 15) is 0 Å². The summed E-state index contributed by atoms with van der Waals surface area (Å²) < 4.78 is 5.57. The van der Waals surface area contributed by atoms with Crippen LogP contribution in [-0.2, 0) is 6.54 Å². The Kier molecular flexibility index (Phi) is 6.70. The number of rotatable bonds is 6. The predicted octanol–water partition coefficient (Wildman–Crippen LogP) is 3.84. The van der Waals surface area contributed by atoms with Crippen LogP contribution in [0.25, 0.3) is 10.8 Å². The molecule has 1 saturated heterocycles. The minimum Gasteiger partial charge on any atom is -0.496 e. The maximum absolute atomic E-state index is 5.57. The largest absolute Gasteiger partial charge is 0.496 e. The highest BCUT2D eigenvalue weighted by Gasteiger charge is 2.22. The van der Waals surface area contributed by atoms with Crippen LogP contribution in [0.5, 0.6) is 5.75 Å². The Morgan fingerprint density at radius 3 is 2.83 bits per heavy atom. The summed E-state index contributed by atoms with van der Waals surface area (Å²) in [5, 5.41) is 6.21. The van der Waals surface area contributed by atoms with Crippen molar-refractivity contribution in [1.29, 1.82) is 0 Å². The van der Waals surface area contributed by atoms with Gasteiger partial charge in [-0.2, -0.15) is 0 Å². The molecule has 1 heterocycles. The van der Waals surface area contributed by atoms with Crippen molar-refractivity contribution >= 4 is 23.2 Å². The zero-order valence-corrected chi connectivity index (χ0v) is 14.9. The summed E-state index contributed by atoms with van der Waals surface area (Å²) in [7, 11) is 1.75. The van der Waals surface area contributed by atoms with Crippen LogP contribution in [0.2, 0.25) is 0 Å². The number of hydrogen-bond acceptors (Lipinski definition) is 3. The van der Waals surface area contributed by atoms with Crippen LogP contribution in [0.15, 0.2) is 36.4 Å². The summed E-state index contributed by atoms with van der Waals surface area (Å²) in [5.41, 5.74) is 1.27. The monoisotopic (exact) mass is 334 g/mol. The highest BCUT2D eigenvalue weighted by molar-refractivity contribution is 5.87. The molecule has 3 nitrogen and oxygen atoms in total. The van der Waals surface area contributed by atoms with Crippen LogP contribution in [0, 0.1) is 0 Å². The van der Waals surface area contributed by atoms with Gasteiger partial charge in [0.2, 0.25) is 0 Å². The summed E-state index contributed by atoms with van der Waals surface area (Å²) in [5.74, 6) is 0.977. The van der Waals surface area contributed by atoms with E-state index < -0.39 is 0 Å². The lowest BCUT2D eigenvalue weighted by atomic mass is 10.0. The van der Waals surface area contributed by atoms with Crippen LogP contribution in [0.1, 0.15) is 25.3 Å². The van der Waals surface area contributed by atoms with Crippen molar-refractivity contribution in [2.75, 3.05) is 26.7 Å². The predicted molar refractivity (Wildman–Crippen MR) is 99.7 cm³/mol. The second-order valence-corrected chi connectivity index (χ2v) is 6.02. The number of nitrogens with one attached hydrogen (secondary N) is 1. The lowest BCUT2D eigenvalue weighted by molar-refractivity contribution is 0.259.